The van der Waals surface area contributed by atoms with Gasteiger partial charge in [-0.3, -0.25) is 0 Å². The van der Waals surface area contributed by atoms with Gasteiger partial charge in [0.1, 0.15) is 0 Å². The molecular weight excluding hydrogens is 368 g/mol. The standard InChI is InChI=1S/4Fe.3H2O.3H2S/h;;;;6*1H2. The molecule has 0 saturated heterocycles. The summed E-state index contributed by atoms with van der Waals surface area (Å²) in [7, 11) is 0. The molecule has 0 aromatic heterocycles. The summed E-state index contributed by atoms with van der Waals surface area (Å²) >= 11 is 0. The van der Waals surface area contributed by atoms with Crippen LogP contribution in [0.1, 0.15) is 0 Å². The molecule has 0 rings (SSSR count). The summed E-state index contributed by atoms with van der Waals surface area (Å²) in [6.07, 6.45) is 0. The molecule has 0 saturated carbocycles. The smallest absolute Gasteiger partial charge is 0 e. The summed E-state index contributed by atoms with van der Waals surface area (Å²) < 4.78 is 0. The minimum absolute atomic E-state index is 0. The SMILES string of the molecule is O.O.[Fe].[Fe].[Fe].[Fe].[OH3+].[SH-].[SH-].[SH3+]. The molecule has 80 valence electrons. The largest absolute Gasteiger partial charge is 0.813 e. The van der Waals surface area contributed by atoms with E-state index in [-0.39, 0.29) is 125 Å². The Morgan fingerprint density at radius 2 is 0.500 bits per heavy atom. The van der Waals surface area contributed by atoms with E-state index in [1.54, 1.807) is 0 Å². The van der Waals surface area contributed by atoms with Gasteiger partial charge < -0.3 is 43.4 Å². The van der Waals surface area contributed by atoms with Crippen molar-refractivity contribution in [2.45, 2.75) is 0 Å². The maximum atomic E-state index is 0. The first-order valence-corrected chi connectivity index (χ1v) is 0. The maximum absolute atomic E-state index is 0. The summed E-state index contributed by atoms with van der Waals surface area (Å²) in [6, 6.07) is 0. The first-order chi connectivity index (χ1) is 0. The molecule has 0 aromatic carbocycles. The zero-order chi connectivity index (χ0) is 0. The molecule has 3 nitrogen and oxygen atoms in total. The van der Waals surface area contributed by atoms with E-state index < -0.39 is 0 Å². The van der Waals surface area contributed by atoms with Crippen molar-refractivity contribution < 1.29 is 84.7 Å². The molecule has 7 N–H and O–H groups in total. The Kier molecular flexibility index (Phi) is 3330. The van der Waals surface area contributed by atoms with Gasteiger partial charge in [-0.05, 0) is 0 Å². The van der Waals surface area contributed by atoms with Crippen LogP contribution in [0.3, 0.4) is 0 Å². The van der Waals surface area contributed by atoms with Crippen molar-refractivity contribution in [3.63, 3.8) is 0 Å². The summed E-state index contributed by atoms with van der Waals surface area (Å²) in [5.41, 5.74) is 0. The molecule has 0 aliphatic rings. The topological polar surface area (TPSA) is 96.0 Å². The van der Waals surface area contributed by atoms with Gasteiger partial charge in [-0.1, -0.05) is 13.5 Å². The van der Waals surface area contributed by atoms with Crippen LogP contribution >= 0.6 is 0 Å². The van der Waals surface area contributed by atoms with Gasteiger partial charge in [0.15, 0.2) is 0 Å². The Hall–Kier alpha value is 3.01. The van der Waals surface area contributed by atoms with E-state index >= 15 is 0 Å². The van der Waals surface area contributed by atoms with Crippen LogP contribution in [0.15, 0.2) is 0 Å². The summed E-state index contributed by atoms with van der Waals surface area (Å²) in [5.74, 6) is 0. The van der Waals surface area contributed by atoms with Gasteiger partial charge in [0, 0.05) is 68.3 Å². The number of thiol groups is 2. The number of hydrogen-bond donors (Lipinski definition) is 0. The first-order valence-electron chi connectivity index (χ1n) is 0. The van der Waals surface area contributed by atoms with Crippen LogP contribution in [0.25, 0.3) is 0 Å². The summed E-state index contributed by atoms with van der Waals surface area (Å²) in [5, 5.41) is 0. The van der Waals surface area contributed by atoms with Crippen LogP contribution in [-0.2, 0) is 114 Å². The van der Waals surface area contributed by atoms with Crippen LogP contribution < -0.4 is 0 Å². The second-order valence-electron chi connectivity index (χ2n) is 0. The molecule has 0 radical (unpaired) electrons. The fourth-order valence-electron chi connectivity index (χ4n) is 0. The van der Waals surface area contributed by atoms with Crippen molar-refractivity contribution in [2.75, 3.05) is 0 Å². The second-order valence-corrected chi connectivity index (χ2v) is 0. The van der Waals surface area contributed by atoms with Crippen LogP contribution in [0, 0.1) is 0 Å². The van der Waals surface area contributed by atoms with Gasteiger partial charge in [-0.25, -0.2) is 0 Å². The molecule has 0 aliphatic heterocycles. The summed E-state index contributed by atoms with van der Waals surface area (Å²) in [6.45, 7) is 0. The molecule has 0 atom stereocenters. The predicted molar refractivity (Wildman–Crippen MR) is 41.2 cm³/mol. The fraction of sp³-hybridized carbons (Fsp3) is 0. The van der Waals surface area contributed by atoms with Crippen molar-refractivity contribution in [1.82, 2.24) is 0 Å². The zero-order valence-corrected chi connectivity index (χ0v) is 11.8. The fourth-order valence-corrected chi connectivity index (χ4v) is 0. The molecular formula is H12Fe4O3S3. The molecule has 0 heterocycles. The normalized spacial score (nSPS) is 0. The zero-order valence-electron chi connectivity index (χ0n) is 4.46. The molecule has 0 bridgehead atoms. The number of rotatable bonds is 0. The molecule has 10 heavy (non-hydrogen) atoms. The third kappa shape index (κ3) is 122. The minimum Gasteiger partial charge on any atom is -0.813 e. The van der Waals surface area contributed by atoms with Crippen molar-refractivity contribution >= 4 is 40.5 Å². The van der Waals surface area contributed by atoms with Gasteiger partial charge in [0.25, 0.3) is 0 Å². The van der Waals surface area contributed by atoms with Crippen molar-refractivity contribution in [2.24, 2.45) is 0 Å². The molecule has 0 amide bonds. The van der Waals surface area contributed by atoms with E-state index in [0.717, 1.165) is 0 Å². The quantitative estimate of drug-likeness (QED) is 0.186. The molecule has 0 fully saturated rings. The van der Waals surface area contributed by atoms with E-state index in [1.807, 2.05) is 0 Å². The average molecular weight is 380 g/mol. The second kappa shape index (κ2) is 161. The Bertz CT molecular complexity index is 15.7. The van der Waals surface area contributed by atoms with Crippen LogP contribution in [0.2, 0.25) is 0 Å². The molecule has 0 unspecified atom stereocenters. The predicted octanol–water partition coefficient (Wildman–Crippen LogP) is -3.93. The Labute approximate surface area is 124 Å². The van der Waals surface area contributed by atoms with E-state index in [0.29, 0.717) is 0 Å². The van der Waals surface area contributed by atoms with Crippen molar-refractivity contribution in [3.05, 3.63) is 0 Å². The first kappa shape index (κ1) is 207. The summed E-state index contributed by atoms with van der Waals surface area (Å²) in [4.78, 5) is 0. The molecule has 0 aliphatic carbocycles. The Balaban J connectivity index is 0. The van der Waals surface area contributed by atoms with Gasteiger partial charge in [0.2, 0.25) is 0 Å². The number of hydrogen-bond acceptors (Lipinski definition) is 2. The minimum atomic E-state index is 0. The van der Waals surface area contributed by atoms with E-state index in [9.17, 15) is 0 Å². The average Bonchev–Trinajstić information content (AvgIpc) is 0. The van der Waals surface area contributed by atoms with Gasteiger partial charge >= 0.3 is 0 Å². The third-order valence-electron chi connectivity index (χ3n) is 0. The van der Waals surface area contributed by atoms with Crippen molar-refractivity contribution in [3.8, 4) is 0 Å². The van der Waals surface area contributed by atoms with Crippen molar-refractivity contribution in [1.29, 1.82) is 0 Å². The van der Waals surface area contributed by atoms with Gasteiger partial charge in [-0.2, -0.15) is 0 Å². The Morgan fingerprint density at radius 3 is 0.500 bits per heavy atom. The van der Waals surface area contributed by atoms with E-state index in [4.69, 9.17) is 0 Å². The van der Waals surface area contributed by atoms with Gasteiger partial charge in [0.05, 0.1) is 0 Å². The third-order valence-corrected chi connectivity index (χ3v) is 0. The van der Waals surface area contributed by atoms with Crippen LogP contribution in [0.5, 0.6) is 0 Å². The Morgan fingerprint density at radius 1 is 0.500 bits per heavy atom. The monoisotopic (exact) mass is 380 g/mol. The molecule has 0 spiro atoms. The molecule has 0 aromatic rings. The maximum Gasteiger partial charge on any atom is 0 e. The molecule has 10 heteroatoms. The van der Waals surface area contributed by atoms with Gasteiger partial charge in [-0.15, -0.1) is 0 Å². The van der Waals surface area contributed by atoms with Crippen LogP contribution in [-0.4, -0.2) is 11.0 Å². The van der Waals surface area contributed by atoms with Crippen LogP contribution in [0.4, 0.5) is 0 Å². The van der Waals surface area contributed by atoms with E-state index in [1.165, 1.54) is 0 Å². The van der Waals surface area contributed by atoms with E-state index in [2.05, 4.69) is 0 Å².